The van der Waals surface area contributed by atoms with Crippen LogP contribution in [0.2, 0.25) is 0 Å². The molecule has 1 N–H and O–H groups in total. The largest absolute Gasteiger partial charge is 1.00 e. The number of terminal acetylenes is 1. The van der Waals surface area contributed by atoms with Gasteiger partial charge in [0.1, 0.15) is 5.68 Å². The Labute approximate surface area is 150 Å². The molecule has 1 amide bonds. The van der Waals surface area contributed by atoms with Crippen molar-refractivity contribution in [2.24, 2.45) is 0 Å². The summed E-state index contributed by atoms with van der Waals surface area (Å²) in [5.41, 5.74) is -2.24. The van der Waals surface area contributed by atoms with E-state index >= 15 is 0 Å². The number of carbonyl (C=O) groups excluding carboxylic acids is 2. The zero-order valence-corrected chi connectivity index (χ0v) is 13.2. The summed E-state index contributed by atoms with van der Waals surface area (Å²) < 4.78 is 36.5. The van der Waals surface area contributed by atoms with Gasteiger partial charge in [0.05, 0.1) is 6.54 Å². The molecule has 0 heterocycles. The molecule has 8 heteroatoms. The van der Waals surface area contributed by atoms with Gasteiger partial charge in [0, 0.05) is 5.56 Å². The Morgan fingerprint density at radius 2 is 1.63 bits per heavy atom. The van der Waals surface area contributed by atoms with Crippen molar-refractivity contribution in [3.63, 3.8) is 0 Å². The first-order chi connectivity index (χ1) is 8.36. The molecule has 94 valence electrons. The minimum atomic E-state index is -5.56. The third-order valence-corrected chi connectivity index (χ3v) is 2.08. The predicted molar refractivity (Wildman–Crippen MR) is 61.0 cm³/mol. The van der Waals surface area contributed by atoms with E-state index in [1.54, 1.807) is 0 Å². The van der Waals surface area contributed by atoms with Crippen LogP contribution in [0.4, 0.5) is 12.9 Å². The second kappa shape index (κ2) is 7.87. The van der Waals surface area contributed by atoms with Crippen LogP contribution in [-0.2, 0) is 0 Å². The summed E-state index contributed by atoms with van der Waals surface area (Å²) in [6.45, 7) is -5.54. The van der Waals surface area contributed by atoms with Gasteiger partial charge in [-0.3, -0.25) is 4.79 Å². The molecule has 0 aromatic heterocycles. The van der Waals surface area contributed by atoms with Gasteiger partial charge in [-0.15, -0.1) is 6.42 Å². The van der Waals surface area contributed by atoms with Crippen molar-refractivity contribution in [3.8, 4) is 12.3 Å². The summed E-state index contributed by atoms with van der Waals surface area (Å²) in [6, 6.07) is 4.20. The molecule has 0 bridgehead atoms. The molecule has 1 aromatic rings. The molecule has 0 saturated heterocycles. The number of amides is 1. The van der Waals surface area contributed by atoms with Crippen LogP contribution in [0.25, 0.3) is 0 Å². The van der Waals surface area contributed by atoms with Crippen molar-refractivity contribution in [1.82, 2.24) is 5.32 Å². The maximum Gasteiger partial charge on any atom is 1.00 e. The Morgan fingerprint density at radius 3 is 2.05 bits per heavy atom. The number of hydrogen-bond donors (Lipinski definition) is 1. The summed E-state index contributed by atoms with van der Waals surface area (Å²) in [5.74, 6) is 1.68. The van der Waals surface area contributed by atoms with Gasteiger partial charge in [0.2, 0.25) is 0 Å². The van der Waals surface area contributed by atoms with Gasteiger partial charge in [-0.25, -0.2) is 0 Å². The van der Waals surface area contributed by atoms with E-state index in [2.05, 4.69) is 11.2 Å². The van der Waals surface area contributed by atoms with Crippen LogP contribution in [0.1, 0.15) is 20.7 Å². The van der Waals surface area contributed by atoms with Gasteiger partial charge in [0.25, 0.3) is 5.91 Å². The fourth-order valence-electron chi connectivity index (χ4n) is 1.21. The van der Waals surface area contributed by atoms with Crippen LogP contribution in [0.5, 0.6) is 0 Å². The zero-order chi connectivity index (χ0) is 13.8. The van der Waals surface area contributed by atoms with Crippen LogP contribution >= 0.6 is 0 Å². The molecular weight excluding hydrogens is 285 g/mol. The summed E-state index contributed by atoms with van der Waals surface area (Å²) in [6.07, 6.45) is 4.93. The average molecular weight is 293 g/mol. The minimum Gasteiger partial charge on any atom is -0.443 e. The summed E-state index contributed by atoms with van der Waals surface area (Å²) in [7, 11) is 0. The normalized spacial score (nSPS) is 10.0. The van der Waals surface area contributed by atoms with Gasteiger partial charge in [0.15, 0.2) is 0 Å². The molecule has 0 fully saturated rings. The molecule has 0 aliphatic heterocycles. The molecule has 0 radical (unpaired) electrons. The van der Waals surface area contributed by atoms with Gasteiger partial charge < -0.3 is 23.1 Å². The Balaban J connectivity index is 0.00000324. The quantitative estimate of drug-likeness (QED) is 0.549. The number of benzene rings is 1. The van der Waals surface area contributed by atoms with Crippen LogP contribution in [0, 0.1) is 12.3 Å². The maximum absolute atomic E-state index is 12.2. The van der Waals surface area contributed by atoms with E-state index in [0.29, 0.717) is 0 Å². The Kier molecular flexibility index (Phi) is 7.63. The van der Waals surface area contributed by atoms with Crippen molar-refractivity contribution in [2.45, 2.75) is 0 Å². The maximum atomic E-state index is 12.2. The van der Waals surface area contributed by atoms with Crippen molar-refractivity contribution in [2.75, 3.05) is 6.54 Å². The monoisotopic (exact) mass is 293 g/mol. The van der Waals surface area contributed by atoms with Crippen molar-refractivity contribution >= 4 is 18.6 Å². The minimum absolute atomic E-state index is 0. The Hall–Kier alpha value is -0.589. The van der Waals surface area contributed by atoms with Crippen LogP contribution < -0.4 is 56.7 Å². The van der Waals surface area contributed by atoms with E-state index in [9.17, 15) is 22.5 Å². The van der Waals surface area contributed by atoms with E-state index in [4.69, 9.17) is 6.42 Å². The van der Waals surface area contributed by atoms with Crippen LogP contribution in [0.3, 0.4) is 0 Å². The Morgan fingerprint density at radius 1 is 1.16 bits per heavy atom. The fourth-order valence-corrected chi connectivity index (χ4v) is 1.21. The van der Waals surface area contributed by atoms with Gasteiger partial charge in [-0.2, -0.15) is 0 Å². The van der Waals surface area contributed by atoms with Gasteiger partial charge in [-0.05, 0) is 17.7 Å². The zero-order valence-electron chi connectivity index (χ0n) is 10.1. The molecule has 0 aliphatic carbocycles. The van der Waals surface area contributed by atoms with Crippen LogP contribution in [-0.4, -0.2) is 25.1 Å². The first kappa shape index (κ1) is 18.4. The predicted octanol–water partition coefficient (Wildman–Crippen LogP) is -1.38. The van der Waals surface area contributed by atoms with E-state index < -0.39 is 24.1 Å². The summed E-state index contributed by atoms with van der Waals surface area (Å²) in [4.78, 5) is 22.3. The van der Waals surface area contributed by atoms with Crippen molar-refractivity contribution in [3.05, 3.63) is 35.4 Å². The number of carbonyl (C=O) groups is 2. The second-order valence-corrected chi connectivity index (χ2v) is 3.40. The smallest absolute Gasteiger partial charge is 0.443 e. The molecule has 0 unspecified atom stereocenters. The van der Waals surface area contributed by atoms with Crippen LogP contribution in [0.15, 0.2) is 24.3 Å². The Bertz CT molecular complexity index is 508. The van der Waals surface area contributed by atoms with Crippen molar-refractivity contribution < 1.29 is 73.9 Å². The molecule has 3 nitrogen and oxygen atoms in total. The van der Waals surface area contributed by atoms with E-state index in [1.807, 2.05) is 0 Å². The van der Waals surface area contributed by atoms with E-state index in [-0.39, 0.29) is 63.5 Å². The third kappa shape index (κ3) is 5.50. The molecule has 1 aromatic carbocycles. The molecule has 0 spiro atoms. The summed E-state index contributed by atoms with van der Waals surface area (Å²) >= 11 is 0. The molecular formula is C11H8BF3KNO2. The van der Waals surface area contributed by atoms with E-state index in [1.165, 1.54) is 0 Å². The molecule has 0 aliphatic rings. The standard InChI is InChI=1S/C11H8BF3NO2.K/c1-2-7-16-11(18)9-5-3-8(4-6-9)10(17)12(13,14)15;/h1,3-6H,7H2,(H,16,18);/q-1;+1. The third-order valence-electron chi connectivity index (χ3n) is 2.08. The second-order valence-electron chi connectivity index (χ2n) is 3.40. The van der Waals surface area contributed by atoms with Crippen molar-refractivity contribution in [1.29, 1.82) is 0 Å². The van der Waals surface area contributed by atoms with E-state index in [0.717, 1.165) is 24.3 Å². The first-order valence-corrected chi connectivity index (χ1v) is 4.92. The SMILES string of the molecule is C#CCNC(=O)c1ccc(C(=O)[B-](F)(F)F)cc1.[K+]. The summed E-state index contributed by atoms with van der Waals surface area (Å²) in [5, 5.41) is 2.35. The fraction of sp³-hybridized carbons (Fsp3) is 0.0909. The molecule has 0 saturated carbocycles. The number of nitrogens with one attached hydrogen (secondary N) is 1. The number of hydrogen-bond acceptors (Lipinski definition) is 2. The number of halogens is 3. The first-order valence-electron chi connectivity index (χ1n) is 4.92. The molecule has 19 heavy (non-hydrogen) atoms. The number of rotatable bonds is 4. The van der Waals surface area contributed by atoms with Gasteiger partial charge in [-0.1, -0.05) is 18.1 Å². The average Bonchev–Trinajstić information content (AvgIpc) is 2.34. The molecule has 1 rings (SSSR count). The van der Waals surface area contributed by atoms with Gasteiger partial charge >= 0.3 is 58.4 Å². The topological polar surface area (TPSA) is 46.2 Å². The molecule has 0 atom stereocenters.